The summed E-state index contributed by atoms with van der Waals surface area (Å²) in [4.78, 5) is 11.6. The first-order valence-electron chi connectivity index (χ1n) is 5.32. The lowest BCUT2D eigenvalue weighted by molar-refractivity contribution is 0.566. The van der Waals surface area contributed by atoms with Crippen molar-refractivity contribution in [1.29, 1.82) is 0 Å². The second kappa shape index (κ2) is 4.94. The summed E-state index contributed by atoms with van der Waals surface area (Å²) in [7, 11) is 0. The van der Waals surface area contributed by atoms with E-state index in [2.05, 4.69) is 12.6 Å². The fraction of sp³-hybridized carbons (Fsp3) is 0.154. The van der Waals surface area contributed by atoms with Crippen LogP contribution >= 0.6 is 12.6 Å². The minimum atomic E-state index is -0.674. The number of aromatic nitrogens is 1. The van der Waals surface area contributed by atoms with E-state index in [4.69, 9.17) is 0 Å². The number of hydrogen-bond donors (Lipinski definition) is 1. The Bertz CT molecular complexity index is 632. The molecule has 0 saturated carbocycles. The molecule has 1 aromatic carbocycles. The first kappa shape index (κ1) is 12.8. The van der Waals surface area contributed by atoms with Gasteiger partial charge in [-0.25, -0.2) is 8.78 Å². The summed E-state index contributed by atoms with van der Waals surface area (Å²) >= 11 is 4.02. The van der Waals surface area contributed by atoms with Crippen LogP contribution in [0.4, 0.5) is 8.78 Å². The molecule has 0 radical (unpaired) electrons. The van der Waals surface area contributed by atoms with Crippen LogP contribution in [0.2, 0.25) is 0 Å². The number of hydrogen-bond acceptors (Lipinski definition) is 2. The smallest absolute Gasteiger partial charge is 0.185 e. The van der Waals surface area contributed by atoms with Gasteiger partial charge in [0.2, 0.25) is 0 Å². The van der Waals surface area contributed by atoms with E-state index in [0.29, 0.717) is 11.3 Å². The minimum Gasteiger partial charge on any atom is -0.316 e. The Labute approximate surface area is 108 Å². The van der Waals surface area contributed by atoms with Gasteiger partial charge in [-0.2, -0.15) is 12.6 Å². The van der Waals surface area contributed by atoms with E-state index in [1.807, 2.05) is 0 Å². The molecule has 0 aliphatic heterocycles. The van der Waals surface area contributed by atoms with Gasteiger partial charge in [-0.05, 0) is 19.1 Å². The number of rotatable bonds is 2. The van der Waals surface area contributed by atoms with E-state index in [1.54, 1.807) is 6.92 Å². The molecule has 0 bridgehead atoms. The Morgan fingerprint density at radius 1 is 1.28 bits per heavy atom. The van der Waals surface area contributed by atoms with Gasteiger partial charge in [-0.3, -0.25) is 4.79 Å². The maximum atomic E-state index is 13.7. The molecule has 0 aliphatic carbocycles. The number of aryl methyl sites for hydroxylation is 1. The van der Waals surface area contributed by atoms with Gasteiger partial charge < -0.3 is 4.57 Å². The molecule has 1 aromatic heterocycles. The number of thiol groups is 1. The Morgan fingerprint density at radius 3 is 2.44 bits per heavy atom. The highest BCUT2D eigenvalue weighted by Crippen LogP contribution is 2.19. The maximum absolute atomic E-state index is 13.7. The number of nitrogens with zero attached hydrogens (tertiary/aromatic N) is 1. The summed E-state index contributed by atoms with van der Waals surface area (Å²) in [5.41, 5.74) is 0.495. The molecule has 0 spiro atoms. The summed E-state index contributed by atoms with van der Waals surface area (Å²) in [5, 5.41) is 0. The Balaban J connectivity index is 2.75. The average molecular weight is 267 g/mol. The van der Waals surface area contributed by atoms with Crippen LogP contribution < -0.4 is 5.43 Å². The molecule has 0 aliphatic rings. The lowest BCUT2D eigenvalue weighted by atomic mass is 10.2. The van der Waals surface area contributed by atoms with Crippen LogP contribution in [0.15, 0.2) is 35.3 Å². The summed E-state index contributed by atoms with van der Waals surface area (Å²) < 4.78 is 28.7. The summed E-state index contributed by atoms with van der Waals surface area (Å²) in [6, 6.07) is 5.00. The zero-order valence-electron chi connectivity index (χ0n) is 9.65. The quantitative estimate of drug-likeness (QED) is 0.830. The zero-order valence-corrected chi connectivity index (χ0v) is 10.5. The minimum absolute atomic E-state index is 0.182. The maximum Gasteiger partial charge on any atom is 0.185 e. The summed E-state index contributed by atoms with van der Waals surface area (Å²) in [6.07, 6.45) is 1.42. The van der Waals surface area contributed by atoms with Crippen molar-refractivity contribution in [3.8, 4) is 5.69 Å². The molecule has 18 heavy (non-hydrogen) atoms. The highest BCUT2D eigenvalue weighted by molar-refractivity contribution is 7.79. The largest absolute Gasteiger partial charge is 0.316 e. The summed E-state index contributed by atoms with van der Waals surface area (Å²) in [6.45, 7) is 1.62. The number of pyridine rings is 1. The highest BCUT2D eigenvalue weighted by atomic mass is 32.1. The molecule has 5 heteroatoms. The van der Waals surface area contributed by atoms with Crippen molar-refractivity contribution in [2.75, 3.05) is 0 Å². The van der Waals surface area contributed by atoms with Crippen LogP contribution in [-0.2, 0) is 5.75 Å². The number of para-hydroxylation sites is 1. The van der Waals surface area contributed by atoms with Gasteiger partial charge in [0.1, 0.15) is 17.3 Å². The normalized spacial score (nSPS) is 10.7. The number of benzene rings is 1. The Morgan fingerprint density at radius 2 is 1.89 bits per heavy atom. The molecule has 2 aromatic rings. The molecule has 2 rings (SSSR count). The molecule has 0 saturated heterocycles. The molecular formula is C13H11F2NOS. The van der Waals surface area contributed by atoms with Crippen molar-refractivity contribution in [3.05, 3.63) is 63.6 Å². The molecule has 94 valence electrons. The monoisotopic (exact) mass is 267 g/mol. The molecule has 0 fully saturated rings. The van der Waals surface area contributed by atoms with Crippen molar-refractivity contribution in [2.45, 2.75) is 12.7 Å². The van der Waals surface area contributed by atoms with Crippen molar-refractivity contribution in [1.82, 2.24) is 4.57 Å². The molecular weight excluding hydrogens is 256 g/mol. The topological polar surface area (TPSA) is 22.0 Å². The average Bonchev–Trinajstić information content (AvgIpc) is 2.31. The van der Waals surface area contributed by atoms with Gasteiger partial charge in [-0.15, -0.1) is 0 Å². The van der Waals surface area contributed by atoms with Gasteiger partial charge in [0, 0.05) is 29.3 Å². The zero-order chi connectivity index (χ0) is 13.3. The third-order valence-corrected chi connectivity index (χ3v) is 3.01. The highest BCUT2D eigenvalue weighted by Gasteiger charge is 2.13. The fourth-order valence-corrected chi connectivity index (χ4v) is 1.99. The lowest BCUT2D eigenvalue weighted by Crippen LogP contribution is -2.14. The molecule has 0 amide bonds. The second-order valence-electron chi connectivity index (χ2n) is 3.90. The van der Waals surface area contributed by atoms with Crippen LogP contribution in [-0.4, -0.2) is 4.57 Å². The van der Waals surface area contributed by atoms with E-state index in [0.717, 1.165) is 0 Å². The second-order valence-corrected chi connectivity index (χ2v) is 4.22. The van der Waals surface area contributed by atoms with Gasteiger partial charge >= 0.3 is 0 Å². The number of halogens is 2. The molecule has 0 N–H and O–H groups in total. The van der Waals surface area contributed by atoms with Gasteiger partial charge in [-0.1, -0.05) is 6.07 Å². The SMILES string of the molecule is Cc1cc(=O)c(CS)cn1-c1c(F)cccc1F. The standard InChI is InChI=1S/C13H11F2NOS/c1-8-5-12(17)9(7-18)6-16(8)13-10(14)3-2-4-11(13)15/h2-6,18H,7H2,1H3. The Kier molecular flexibility index (Phi) is 3.52. The third kappa shape index (κ3) is 2.18. The predicted octanol–water partition coefficient (Wildman–Crippen LogP) is 2.85. The fourth-order valence-electron chi connectivity index (χ4n) is 1.75. The summed E-state index contributed by atoms with van der Waals surface area (Å²) in [5.74, 6) is -1.13. The first-order valence-corrected chi connectivity index (χ1v) is 5.95. The van der Waals surface area contributed by atoms with Gasteiger partial charge in [0.05, 0.1) is 0 Å². The van der Waals surface area contributed by atoms with Crippen molar-refractivity contribution in [3.63, 3.8) is 0 Å². The lowest BCUT2D eigenvalue weighted by Gasteiger charge is -2.13. The van der Waals surface area contributed by atoms with Crippen molar-refractivity contribution >= 4 is 12.6 Å². The van der Waals surface area contributed by atoms with E-state index in [1.165, 1.54) is 35.0 Å². The van der Waals surface area contributed by atoms with Gasteiger partial charge in [0.25, 0.3) is 0 Å². The van der Waals surface area contributed by atoms with Crippen LogP contribution in [0.1, 0.15) is 11.3 Å². The third-order valence-electron chi connectivity index (χ3n) is 2.67. The van der Waals surface area contributed by atoms with E-state index >= 15 is 0 Å². The Hall–Kier alpha value is -1.62. The molecule has 0 atom stereocenters. The van der Waals surface area contributed by atoms with Crippen molar-refractivity contribution in [2.24, 2.45) is 0 Å². The predicted molar refractivity (Wildman–Crippen MR) is 69.4 cm³/mol. The van der Waals surface area contributed by atoms with E-state index in [9.17, 15) is 13.6 Å². The van der Waals surface area contributed by atoms with Crippen LogP contribution in [0.25, 0.3) is 5.69 Å². The van der Waals surface area contributed by atoms with E-state index in [-0.39, 0.29) is 16.9 Å². The van der Waals surface area contributed by atoms with Crippen LogP contribution in [0, 0.1) is 18.6 Å². The van der Waals surface area contributed by atoms with Gasteiger partial charge in [0.15, 0.2) is 5.43 Å². The van der Waals surface area contributed by atoms with Crippen LogP contribution in [0.3, 0.4) is 0 Å². The van der Waals surface area contributed by atoms with Crippen molar-refractivity contribution < 1.29 is 8.78 Å². The molecule has 2 nitrogen and oxygen atoms in total. The van der Waals surface area contributed by atoms with E-state index < -0.39 is 11.6 Å². The molecule has 0 unspecified atom stereocenters. The van der Waals surface area contributed by atoms with Crippen LogP contribution in [0.5, 0.6) is 0 Å². The first-order chi connectivity index (χ1) is 8.54. The molecule has 1 heterocycles.